The van der Waals surface area contributed by atoms with Crippen molar-refractivity contribution in [3.63, 3.8) is 0 Å². The number of hydrogen-bond acceptors (Lipinski definition) is 6. The number of hydrogen-bond donors (Lipinski definition) is 2. The van der Waals surface area contributed by atoms with Gasteiger partial charge in [0.1, 0.15) is 9.57 Å². The first-order valence-corrected chi connectivity index (χ1v) is 12.0. The molecule has 2 N–H and O–H groups in total. The third-order valence-corrected chi connectivity index (χ3v) is 8.33. The Morgan fingerprint density at radius 2 is 1.71 bits per heavy atom. The number of phenolic OH excluding ortho intramolecular Hbond substituents is 1. The van der Waals surface area contributed by atoms with Crippen LogP contribution in [0.15, 0.2) is 42.5 Å². The highest BCUT2D eigenvalue weighted by atomic mass is 32.9. The Balaban J connectivity index is 1.67. The molecule has 1 aliphatic heterocycles. The number of aliphatic hydroxyl groups excluding tert-OH is 1. The number of aromatic hydroxyl groups is 1. The summed E-state index contributed by atoms with van der Waals surface area (Å²) < 4.78 is 0.906. The monoisotopic (exact) mass is 429 g/mol. The molecule has 3 aromatic rings. The Labute approximate surface area is 177 Å². The fourth-order valence-electron chi connectivity index (χ4n) is 3.59. The molecule has 0 radical (unpaired) electrons. The van der Waals surface area contributed by atoms with Gasteiger partial charge in [0.05, 0.1) is 11.0 Å². The van der Waals surface area contributed by atoms with Crippen LogP contribution in [0.4, 0.5) is 0 Å². The van der Waals surface area contributed by atoms with Crippen molar-refractivity contribution in [3.05, 3.63) is 57.4 Å². The van der Waals surface area contributed by atoms with Crippen LogP contribution < -0.4 is 0 Å². The van der Waals surface area contributed by atoms with Crippen LogP contribution in [0.1, 0.15) is 24.0 Å². The Morgan fingerprint density at radius 1 is 1.04 bits per heavy atom. The van der Waals surface area contributed by atoms with Crippen molar-refractivity contribution in [3.8, 4) is 27.3 Å². The van der Waals surface area contributed by atoms with Gasteiger partial charge in [-0.15, -0.1) is 0 Å². The van der Waals surface area contributed by atoms with E-state index in [0.29, 0.717) is 12.3 Å². The van der Waals surface area contributed by atoms with E-state index in [1.54, 1.807) is 26.7 Å². The van der Waals surface area contributed by atoms with Crippen LogP contribution in [-0.4, -0.2) is 34.3 Å². The van der Waals surface area contributed by atoms with Gasteiger partial charge in [0.15, 0.2) is 0 Å². The SMILES string of the molecule is Cc1ccc(-c2c(-c3ccc(O)c(CN4CCC(O)CC4)c3)ssc2=S)cc1. The molecule has 1 aliphatic rings. The predicted molar refractivity (Wildman–Crippen MR) is 121 cm³/mol. The summed E-state index contributed by atoms with van der Waals surface area (Å²) in [5.74, 6) is 0.325. The maximum atomic E-state index is 10.4. The molecular formula is C22H23NO2S3. The lowest BCUT2D eigenvalue weighted by molar-refractivity contribution is 0.0789. The summed E-state index contributed by atoms with van der Waals surface area (Å²) in [6.07, 6.45) is 1.40. The molecular weight excluding hydrogens is 406 g/mol. The zero-order valence-corrected chi connectivity index (χ0v) is 18.2. The van der Waals surface area contributed by atoms with Gasteiger partial charge in [0, 0.05) is 30.8 Å². The second kappa shape index (κ2) is 8.43. The summed E-state index contributed by atoms with van der Waals surface area (Å²) in [6, 6.07) is 14.3. The summed E-state index contributed by atoms with van der Waals surface area (Å²) in [6.45, 7) is 4.50. The van der Waals surface area contributed by atoms with E-state index in [0.717, 1.165) is 56.9 Å². The van der Waals surface area contributed by atoms with Crippen molar-refractivity contribution in [2.45, 2.75) is 32.4 Å². The maximum Gasteiger partial charge on any atom is 0.120 e. The molecule has 146 valence electrons. The average Bonchev–Trinajstić information content (AvgIpc) is 3.07. The van der Waals surface area contributed by atoms with Crippen LogP contribution in [0.3, 0.4) is 0 Å². The topological polar surface area (TPSA) is 43.7 Å². The number of piperidine rings is 1. The second-order valence-electron chi connectivity index (χ2n) is 7.38. The first-order chi connectivity index (χ1) is 13.5. The van der Waals surface area contributed by atoms with E-state index in [1.165, 1.54) is 5.56 Å². The predicted octanol–water partition coefficient (Wildman–Crippen LogP) is 5.84. The van der Waals surface area contributed by atoms with Crippen LogP contribution >= 0.6 is 32.9 Å². The number of aliphatic hydroxyl groups is 1. The zero-order valence-electron chi connectivity index (χ0n) is 15.7. The second-order valence-corrected chi connectivity index (χ2v) is 10.2. The van der Waals surface area contributed by atoms with Crippen molar-refractivity contribution in [2.24, 2.45) is 0 Å². The van der Waals surface area contributed by atoms with Crippen LogP contribution in [0, 0.1) is 10.7 Å². The van der Waals surface area contributed by atoms with E-state index in [1.807, 2.05) is 6.07 Å². The normalized spacial score (nSPS) is 15.8. The molecule has 1 fully saturated rings. The summed E-state index contributed by atoms with van der Waals surface area (Å²) in [5, 5.41) is 20.1. The van der Waals surface area contributed by atoms with Crippen molar-refractivity contribution in [2.75, 3.05) is 13.1 Å². The van der Waals surface area contributed by atoms with Crippen molar-refractivity contribution >= 4 is 32.9 Å². The van der Waals surface area contributed by atoms with E-state index in [4.69, 9.17) is 12.2 Å². The highest BCUT2D eigenvalue weighted by Gasteiger charge is 2.19. The molecule has 1 saturated heterocycles. The molecule has 0 atom stereocenters. The lowest BCUT2D eigenvalue weighted by Crippen LogP contribution is -2.35. The van der Waals surface area contributed by atoms with E-state index < -0.39 is 0 Å². The van der Waals surface area contributed by atoms with Gasteiger partial charge in [-0.2, -0.15) is 0 Å². The van der Waals surface area contributed by atoms with Crippen LogP contribution in [-0.2, 0) is 6.54 Å². The number of aryl methyl sites for hydroxylation is 1. The minimum Gasteiger partial charge on any atom is -0.508 e. The molecule has 1 aromatic heterocycles. The Bertz CT molecular complexity index is 1020. The molecule has 2 aromatic carbocycles. The molecule has 2 heterocycles. The molecule has 28 heavy (non-hydrogen) atoms. The van der Waals surface area contributed by atoms with Crippen molar-refractivity contribution in [1.82, 2.24) is 4.90 Å². The number of phenols is 1. The van der Waals surface area contributed by atoms with E-state index in [2.05, 4.69) is 42.2 Å². The maximum absolute atomic E-state index is 10.4. The minimum atomic E-state index is -0.189. The number of likely N-dealkylation sites (tertiary alicyclic amines) is 1. The van der Waals surface area contributed by atoms with Crippen LogP contribution in [0.25, 0.3) is 21.6 Å². The van der Waals surface area contributed by atoms with Crippen molar-refractivity contribution in [1.29, 1.82) is 0 Å². The number of benzene rings is 2. The average molecular weight is 430 g/mol. The van der Waals surface area contributed by atoms with E-state index in [-0.39, 0.29) is 6.10 Å². The third-order valence-electron chi connectivity index (χ3n) is 5.26. The summed E-state index contributed by atoms with van der Waals surface area (Å²) in [7, 11) is 3.33. The van der Waals surface area contributed by atoms with Gasteiger partial charge < -0.3 is 10.2 Å². The molecule has 4 rings (SSSR count). The number of rotatable bonds is 4. The van der Waals surface area contributed by atoms with E-state index >= 15 is 0 Å². The fraction of sp³-hybridized carbons (Fsp3) is 0.318. The minimum absolute atomic E-state index is 0.189. The molecule has 0 aliphatic carbocycles. The van der Waals surface area contributed by atoms with E-state index in [9.17, 15) is 10.2 Å². The largest absolute Gasteiger partial charge is 0.508 e. The third kappa shape index (κ3) is 4.21. The highest BCUT2D eigenvalue weighted by Crippen LogP contribution is 2.42. The molecule has 6 heteroatoms. The van der Waals surface area contributed by atoms with Gasteiger partial charge >= 0.3 is 0 Å². The Kier molecular flexibility index (Phi) is 5.94. The molecule has 0 bridgehead atoms. The Morgan fingerprint density at radius 3 is 2.43 bits per heavy atom. The van der Waals surface area contributed by atoms with Crippen LogP contribution in [0.2, 0.25) is 0 Å². The standard InChI is InChI=1S/C22H23NO2S3/c1-14-2-4-15(5-3-14)20-21(27-28-22(20)26)16-6-7-19(25)17(12-16)13-23-10-8-18(24)9-11-23/h2-7,12,18,24-25H,8-11,13H2,1H3. The van der Waals surface area contributed by atoms with Gasteiger partial charge in [-0.3, -0.25) is 4.90 Å². The first kappa shape index (κ1) is 19.7. The lowest BCUT2D eigenvalue weighted by atomic mass is 10.0. The zero-order chi connectivity index (χ0) is 19.7. The molecule has 3 nitrogen and oxygen atoms in total. The van der Waals surface area contributed by atoms with Gasteiger partial charge in [-0.05, 0) is 49.1 Å². The van der Waals surface area contributed by atoms with Crippen molar-refractivity contribution < 1.29 is 10.2 Å². The molecule has 0 amide bonds. The summed E-state index contributed by atoms with van der Waals surface area (Å²) in [5.41, 5.74) is 5.50. The van der Waals surface area contributed by atoms with Gasteiger partial charge in [-0.1, -0.05) is 62.7 Å². The summed E-state index contributed by atoms with van der Waals surface area (Å²) in [4.78, 5) is 3.45. The lowest BCUT2D eigenvalue weighted by Gasteiger charge is -2.29. The number of nitrogens with zero attached hydrogens (tertiary/aromatic N) is 1. The van der Waals surface area contributed by atoms with Gasteiger partial charge in [0.2, 0.25) is 0 Å². The first-order valence-electron chi connectivity index (χ1n) is 9.44. The fourth-order valence-corrected chi connectivity index (χ4v) is 6.50. The summed E-state index contributed by atoms with van der Waals surface area (Å²) >= 11 is 5.64. The van der Waals surface area contributed by atoms with Gasteiger partial charge in [0.25, 0.3) is 0 Å². The molecule has 0 spiro atoms. The Hall–Kier alpha value is -1.57. The quantitative estimate of drug-likeness (QED) is 0.404. The molecule has 0 saturated carbocycles. The molecule has 0 unspecified atom stereocenters. The smallest absolute Gasteiger partial charge is 0.120 e. The highest BCUT2D eigenvalue weighted by molar-refractivity contribution is 7.80. The van der Waals surface area contributed by atoms with Gasteiger partial charge in [-0.25, -0.2) is 0 Å². The van der Waals surface area contributed by atoms with Crippen LogP contribution in [0.5, 0.6) is 5.75 Å².